The molecule has 1 aromatic rings. The summed E-state index contributed by atoms with van der Waals surface area (Å²) in [6, 6.07) is 0.472. The summed E-state index contributed by atoms with van der Waals surface area (Å²) in [5, 5.41) is 0. The fourth-order valence-electron chi connectivity index (χ4n) is 3.29. The minimum atomic E-state index is 0.344. The Balaban J connectivity index is 2.02. The first kappa shape index (κ1) is 13.6. The third-order valence-electron chi connectivity index (χ3n) is 4.09. The Labute approximate surface area is 111 Å². The highest BCUT2D eigenvalue weighted by Crippen LogP contribution is 2.37. The van der Waals surface area contributed by atoms with Gasteiger partial charge in [0.2, 0.25) is 0 Å². The molecule has 1 saturated carbocycles. The Morgan fingerprint density at radius 1 is 1.44 bits per heavy atom. The van der Waals surface area contributed by atoms with Crippen molar-refractivity contribution in [1.29, 1.82) is 0 Å². The third-order valence-corrected chi connectivity index (χ3v) is 4.09. The van der Waals surface area contributed by atoms with Gasteiger partial charge in [0.1, 0.15) is 0 Å². The molecule has 0 amide bonds. The fourth-order valence-corrected chi connectivity index (χ4v) is 3.29. The van der Waals surface area contributed by atoms with Crippen molar-refractivity contribution in [3.8, 4) is 0 Å². The number of methoxy groups -OCH3 is 1. The molecule has 1 aliphatic rings. The topological polar surface area (TPSA) is 27.1 Å². The highest BCUT2D eigenvalue weighted by atomic mass is 16.5. The molecule has 1 aliphatic carbocycles. The van der Waals surface area contributed by atoms with Crippen molar-refractivity contribution in [1.82, 2.24) is 9.55 Å². The van der Waals surface area contributed by atoms with Crippen LogP contribution in [0.25, 0.3) is 0 Å². The predicted molar refractivity (Wildman–Crippen MR) is 73.6 cm³/mol. The molecule has 3 heteroatoms. The summed E-state index contributed by atoms with van der Waals surface area (Å²) in [7, 11) is 1.85. The lowest BCUT2D eigenvalue weighted by atomic mass is 9.79. The Bertz CT molecular complexity index is 372. The van der Waals surface area contributed by atoms with Gasteiger partial charge >= 0.3 is 0 Å². The number of hydrogen-bond acceptors (Lipinski definition) is 2. The molecule has 2 rings (SSSR count). The van der Waals surface area contributed by atoms with E-state index in [1.165, 1.54) is 25.7 Å². The van der Waals surface area contributed by atoms with Gasteiger partial charge in [0.05, 0.1) is 24.2 Å². The molecule has 0 aliphatic heterocycles. The summed E-state index contributed by atoms with van der Waals surface area (Å²) in [5.74, 6) is 1.62. The van der Waals surface area contributed by atoms with E-state index in [2.05, 4.69) is 29.6 Å². The molecular formula is C15H26N2O. The normalized spacial score (nSPS) is 28.8. The number of rotatable bonds is 4. The first-order valence-corrected chi connectivity index (χ1v) is 7.13. The van der Waals surface area contributed by atoms with E-state index in [4.69, 9.17) is 4.74 Å². The lowest BCUT2D eigenvalue weighted by molar-refractivity contribution is 0.00652. The summed E-state index contributed by atoms with van der Waals surface area (Å²) in [5.41, 5.74) is 1.09. The van der Waals surface area contributed by atoms with Gasteiger partial charge in [0.25, 0.3) is 0 Å². The molecule has 3 atom stereocenters. The molecule has 0 bridgehead atoms. The highest BCUT2D eigenvalue weighted by molar-refractivity contribution is 4.97. The molecule has 0 aromatic carbocycles. The number of hydrogen-bond donors (Lipinski definition) is 0. The molecule has 1 aromatic heterocycles. The Morgan fingerprint density at radius 2 is 2.22 bits per heavy atom. The van der Waals surface area contributed by atoms with Crippen molar-refractivity contribution >= 4 is 0 Å². The summed E-state index contributed by atoms with van der Waals surface area (Å²) in [6.45, 7) is 6.67. The van der Waals surface area contributed by atoms with E-state index in [1.54, 1.807) is 0 Å². The number of imidazole rings is 1. The lowest BCUT2D eigenvalue weighted by Gasteiger charge is -2.36. The second kappa shape index (κ2) is 5.87. The van der Waals surface area contributed by atoms with Crippen LogP contribution in [-0.4, -0.2) is 22.8 Å². The minimum Gasteiger partial charge on any atom is -0.379 e. The minimum absolute atomic E-state index is 0.344. The molecule has 0 saturated heterocycles. The zero-order chi connectivity index (χ0) is 13.1. The lowest BCUT2D eigenvalue weighted by Crippen LogP contribution is -2.33. The van der Waals surface area contributed by atoms with Crippen LogP contribution < -0.4 is 0 Å². The molecule has 1 fully saturated rings. The average Bonchev–Trinajstić information content (AvgIpc) is 2.74. The summed E-state index contributed by atoms with van der Waals surface area (Å²) >= 11 is 0. The Kier molecular flexibility index (Phi) is 4.44. The van der Waals surface area contributed by atoms with Crippen LogP contribution >= 0.6 is 0 Å². The van der Waals surface area contributed by atoms with Crippen LogP contribution in [0.4, 0.5) is 0 Å². The summed E-state index contributed by atoms with van der Waals surface area (Å²) in [4.78, 5) is 4.34. The van der Waals surface area contributed by atoms with E-state index in [9.17, 15) is 0 Å². The molecule has 0 radical (unpaired) electrons. The molecule has 3 nitrogen and oxygen atoms in total. The van der Waals surface area contributed by atoms with Crippen molar-refractivity contribution in [2.24, 2.45) is 11.8 Å². The number of nitrogens with zero attached hydrogens (tertiary/aromatic N) is 2. The second-order valence-electron chi connectivity index (χ2n) is 6.11. The van der Waals surface area contributed by atoms with Crippen molar-refractivity contribution in [2.45, 2.75) is 58.6 Å². The number of ether oxygens (including phenoxy) is 1. The van der Waals surface area contributed by atoms with Crippen molar-refractivity contribution in [2.75, 3.05) is 7.11 Å². The van der Waals surface area contributed by atoms with E-state index in [0.717, 1.165) is 17.5 Å². The van der Waals surface area contributed by atoms with Gasteiger partial charge in [-0.3, -0.25) is 0 Å². The average molecular weight is 250 g/mol. The molecule has 3 unspecified atom stereocenters. The van der Waals surface area contributed by atoms with Gasteiger partial charge in [-0.25, -0.2) is 4.98 Å². The van der Waals surface area contributed by atoms with Crippen LogP contribution in [0.1, 0.15) is 51.3 Å². The van der Waals surface area contributed by atoms with Crippen molar-refractivity contribution < 1.29 is 4.74 Å². The summed E-state index contributed by atoms with van der Waals surface area (Å²) in [6.07, 6.45) is 9.49. The van der Waals surface area contributed by atoms with Gasteiger partial charge in [-0.05, 0) is 44.4 Å². The van der Waals surface area contributed by atoms with Gasteiger partial charge in [0, 0.05) is 13.3 Å². The van der Waals surface area contributed by atoms with Crippen LogP contribution in [0, 0.1) is 18.8 Å². The van der Waals surface area contributed by atoms with Crippen LogP contribution in [0.2, 0.25) is 0 Å². The van der Waals surface area contributed by atoms with Crippen LogP contribution in [0.3, 0.4) is 0 Å². The van der Waals surface area contributed by atoms with Crippen molar-refractivity contribution in [3.63, 3.8) is 0 Å². The van der Waals surface area contributed by atoms with Gasteiger partial charge in [-0.15, -0.1) is 0 Å². The van der Waals surface area contributed by atoms with Crippen LogP contribution in [0.15, 0.2) is 12.5 Å². The van der Waals surface area contributed by atoms with E-state index in [-0.39, 0.29) is 0 Å². The molecule has 18 heavy (non-hydrogen) atoms. The van der Waals surface area contributed by atoms with E-state index in [1.807, 2.05) is 20.4 Å². The first-order valence-electron chi connectivity index (χ1n) is 7.13. The van der Waals surface area contributed by atoms with Gasteiger partial charge < -0.3 is 9.30 Å². The van der Waals surface area contributed by atoms with Crippen LogP contribution in [0.5, 0.6) is 0 Å². The smallest absolute Gasteiger partial charge is 0.0952 e. The fraction of sp³-hybridized carbons (Fsp3) is 0.800. The van der Waals surface area contributed by atoms with Gasteiger partial charge in [0.15, 0.2) is 0 Å². The standard InChI is InChI=1S/C15H26N2O/c1-11(2)7-13-5-6-14(15(8-13)18-4)17-9-12(3)16-10-17/h9-11,13-15H,5-8H2,1-4H3. The largest absolute Gasteiger partial charge is 0.379 e. The zero-order valence-corrected chi connectivity index (χ0v) is 12.1. The number of aromatic nitrogens is 2. The highest BCUT2D eigenvalue weighted by Gasteiger charge is 2.31. The SMILES string of the molecule is COC1CC(CC(C)C)CCC1n1cnc(C)c1. The van der Waals surface area contributed by atoms with E-state index < -0.39 is 0 Å². The Morgan fingerprint density at radius 3 is 2.78 bits per heavy atom. The predicted octanol–water partition coefficient (Wildman–Crippen LogP) is 3.59. The van der Waals surface area contributed by atoms with E-state index >= 15 is 0 Å². The Hall–Kier alpha value is -0.830. The molecule has 102 valence electrons. The van der Waals surface area contributed by atoms with Crippen LogP contribution in [-0.2, 0) is 4.74 Å². The molecule has 0 N–H and O–H groups in total. The quantitative estimate of drug-likeness (QED) is 0.816. The van der Waals surface area contributed by atoms with Gasteiger partial charge in [-0.2, -0.15) is 0 Å². The molecule has 1 heterocycles. The zero-order valence-electron chi connectivity index (χ0n) is 12.1. The third kappa shape index (κ3) is 3.14. The monoisotopic (exact) mass is 250 g/mol. The molecular weight excluding hydrogens is 224 g/mol. The maximum atomic E-state index is 5.73. The summed E-state index contributed by atoms with van der Waals surface area (Å²) < 4.78 is 7.98. The second-order valence-corrected chi connectivity index (χ2v) is 6.11. The maximum absolute atomic E-state index is 5.73. The first-order chi connectivity index (χ1) is 8.60. The van der Waals surface area contributed by atoms with Crippen molar-refractivity contribution in [3.05, 3.63) is 18.2 Å². The molecule has 0 spiro atoms. The number of aryl methyl sites for hydroxylation is 1. The van der Waals surface area contributed by atoms with E-state index in [0.29, 0.717) is 12.1 Å². The maximum Gasteiger partial charge on any atom is 0.0952 e. The van der Waals surface area contributed by atoms with Gasteiger partial charge in [-0.1, -0.05) is 13.8 Å².